The smallest absolute Gasteiger partial charge is 0.263 e. The van der Waals surface area contributed by atoms with Gasteiger partial charge in [0.05, 0.1) is 11.4 Å². The number of hydrogen-bond acceptors (Lipinski definition) is 6. The molecule has 1 saturated heterocycles. The quantitative estimate of drug-likeness (QED) is 0.656. The molecular weight excluding hydrogens is 376 g/mol. The molecule has 1 aliphatic heterocycles. The molecule has 8 nitrogen and oxygen atoms in total. The molecule has 3 heterocycles. The van der Waals surface area contributed by atoms with E-state index in [4.69, 9.17) is 0 Å². The molecule has 1 aromatic carbocycles. The first kappa shape index (κ1) is 18.5. The number of nitrogens with zero attached hydrogens (tertiary/aromatic N) is 6. The summed E-state index contributed by atoms with van der Waals surface area (Å²) in [6.45, 7) is 1.82. The van der Waals surface area contributed by atoms with E-state index in [1.54, 1.807) is 35.0 Å². The van der Waals surface area contributed by atoms with E-state index in [0.717, 1.165) is 26.9 Å². The second-order valence-electron chi connectivity index (χ2n) is 7.19. The minimum Gasteiger partial charge on any atom is -0.344 e. The van der Waals surface area contributed by atoms with Crippen molar-refractivity contribution in [2.24, 2.45) is 0 Å². The minimum absolute atomic E-state index is 0.0275. The van der Waals surface area contributed by atoms with Crippen LogP contribution in [0.15, 0.2) is 30.6 Å². The molecule has 0 aliphatic carbocycles. The average Bonchev–Trinajstić information content (AvgIpc) is 3.43. The van der Waals surface area contributed by atoms with Gasteiger partial charge in [0.15, 0.2) is 0 Å². The monoisotopic (exact) mass is 398 g/mol. The minimum atomic E-state index is 0.0275. The van der Waals surface area contributed by atoms with Gasteiger partial charge in [0, 0.05) is 44.2 Å². The molecule has 0 bridgehead atoms. The third-order valence-electron chi connectivity index (χ3n) is 5.13. The Morgan fingerprint density at radius 2 is 2.11 bits per heavy atom. The van der Waals surface area contributed by atoms with E-state index >= 15 is 0 Å². The van der Waals surface area contributed by atoms with Crippen LogP contribution in [0.5, 0.6) is 0 Å². The van der Waals surface area contributed by atoms with E-state index in [-0.39, 0.29) is 17.7 Å². The molecule has 2 aromatic heterocycles. The fourth-order valence-electron chi connectivity index (χ4n) is 3.71. The van der Waals surface area contributed by atoms with Gasteiger partial charge in [0.1, 0.15) is 6.33 Å². The van der Waals surface area contributed by atoms with Gasteiger partial charge < -0.3 is 9.80 Å². The molecule has 1 aliphatic rings. The maximum absolute atomic E-state index is 12.8. The van der Waals surface area contributed by atoms with Crippen LogP contribution >= 0.6 is 11.3 Å². The molecule has 3 aromatic rings. The van der Waals surface area contributed by atoms with Crippen LogP contribution in [0.25, 0.3) is 10.1 Å². The largest absolute Gasteiger partial charge is 0.344 e. The number of benzene rings is 1. The summed E-state index contributed by atoms with van der Waals surface area (Å²) in [6.07, 6.45) is 2.74. The summed E-state index contributed by atoms with van der Waals surface area (Å²) in [5.41, 5.74) is 1.09. The van der Waals surface area contributed by atoms with E-state index < -0.39 is 0 Å². The summed E-state index contributed by atoms with van der Waals surface area (Å²) in [6, 6.07) is 8.14. The Labute approximate surface area is 166 Å². The summed E-state index contributed by atoms with van der Waals surface area (Å²) < 4.78 is 2.68. The van der Waals surface area contributed by atoms with E-state index in [1.165, 1.54) is 6.33 Å². The van der Waals surface area contributed by atoms with E-state index in [1.807, 2.05) is 17.0 Å². The van der Waals surface area contributed by atoms with E-state index in [0.29, 0.717) is 26.1 Å². The van der Waals surface area contributed by atoms with Crippen molar-refractivity contribution in [2.45, 2.75) is 25.3 Å². The summed E-state index contributed by atoms with van der Waals surface area (Å²) in [7, 11) is 3.56. The first-order valence-corrected chi connectivity index (χ1v) is 10.1. The van der Waals surface area contributed by atoms with Crippen LogP contribution < -0.4 is 0 Å². The number of rotatable bonds is 5. The van der Waals surface area contributed by atoms with Crippen molar-refractivity contribution in [2.75, 3.05) is 27.2 Å². The Morgan fingerprint density at radius 3 is 2.86 bits per heavy atom. The van der Waals surface area contributed by atoms with Crippen molar-refractivity contribution in [1.82, 2.24) is 30.0 Å². The van der Waals surface area contributed by atoms with Gasteiger partial charge in [-0.1, -0.05) is 18.2 Å². The molecule has 28 heavy (non-hydrogen) atoms. The fraction of sp³-hybridized carbons (Fsp3) is 0.421. The SMILES string of the molecule is CN(C)C(=O)c1sc2ccccc2c1C1CCN(C(=O)CCn2cnnn2)C1. The van der Waals surface area contributed by atoms with Crippen LogP contribution in [0, 0.1) is 0 Å². The van der Waals surface area contributed by atoms with Crippen molar-refractivity contribution in [3.63, 3.8) is 0 Å². The molecule has 1 atom stereocenters. The summed E-state index contributed by atoms with van der Waals surface area (Å²) >= 11 is 1.55. The second-order valence-corrected chi connectivity index (χ2v) is 8.24. The third-order valence-corrected chi connectivity index (χ3v) is 6.30. The fourth-order valence-corrected chi connectivity index (χ4v) is 5.02. The van der Waals surface area contributed by atoms with Crippen LogP contribution in [-0.4, -0.2) is 69.0 Å². The maximum atomic E-state index is 12.8. The van der Waals surface area contributed by atoms with Crippen LogP contribution in [0.4, 0.5) is 0 Å². The predicted molar refractivity (Wildman–Crippen MR) is 106 cm³/mol. The Bertz CT molecular complexity index is 997. The molecule has 2 amide bonds. The number of hydrogen-bond donors (Lipinski definition) is 0. The highest BCUT2D eigenvalue weighted by atomic mass is 32.1. The molecular formula is C19H22N6O2S. The van der Waals surface area contributed by atoms with E-state index in [9.17, 15) is 9.59 Å². The van der Waals surface area contributed by atoms with Gasteiger partial charge in [-0.05, 0) is 33.9 Å². The number of aryl methyl sites for hydroxylation is 1. The lowest BCUT2D eigenvalue weighted by Crippen LogP contribution is -2.29. The molecule has 0 radical (unpaired) electrons. The molecule has 1 unspecified atom stereocenters. The molecule has 1 fully saturated rings. The molecule has 146 valence electrons. The van der Waals surface area contributed by atoms with Crippen molar-refractivity contribution in [3.8, 4) is 0 Å². The standard InChI is InChI=1S/C19H22N6O2S/c1-23(2)19(27)18-17(14-5-3-4-6-15(14)28-18)13-7-9-24(11-13)16(26)8-10-25-12-20-21-22-25/h3-6,12-13H,7-11H2,1-2H3. The number of carbonyl (C=O) groups is 2. The Kier molecular flexibility index (Phi) is 5.08. The van der Waals surface area contributed by atoms with Crippen LogP contribution in [0.2, 0.25) is 0 Å². The van der Waals surface area contributed by atoms with Gasteiger partial charge in [0.25, 0.3) is 5.91 Å². The van der Waals surface area contributed by atoms with Gasteiger partial charge in [-0.15, -0.1) is 16.4 Å². The normalized spacial score (nSPS) is 16.6. The summed E-state index contributed by atoms with van der Waals surface area (Å²) in [5, 5.41) is 12.1. The first-order valence-electron chi connectivity index (χ1n) is 9.26. The topological polar surface area (TPSA) is 84.2 Å². The van der Waals surface area contributed by atoms with Crippen LogP contribution in [0.3, 0.4) is 0 Å². The molecule has 0 saturated carbocycles. The maximum Gasteiger partial charge on any atom is 0.263 e. The van der Waals surface area contributed by atoms with Crippen molar-refractivity contribution < 1.29 is 9.59 Å². The highest BCUT2D eigenvalue weighted by Crippen LogP contribution is 2.40. The van der Waals surface area contributed by atoms with Crippen molar-refractivity contribution >= 4 is 33.2 Å². The number of fused-ring (bicyclic) bond motifs is 1. The lowest BCUT2D eigenvalue weighted by molar-refractivity contribution is -0.130. The molecule has 9 heteroatoms. The van der Waals surface area contributed by atoms with Crippen LogP contribution in [-0.2, 0) is 11.3 Å². The van der Waals surface area contributed by atoms with Crippen molar-refractivity contribution in [3.05, 3.63) is 41.0 Å². The average molecular weight is 398 g/mol. The Balaban J connectivity index is 1.54. The molecule has 0 N–H and O–H groups in total. The summed E-state index contributed by atoms with van der Waals surface area (Å²) in [5.74, 6) is 0.296. The first-order chi connectivity index (χ1) is 13.5. The molecule has 4 rings (SSSR count). The van der Waals surface area contributed by atoms with E-state index in [2.05, 4.69) is 27.7 Å². The third kappa shape index (κ3) is 3.49. The second kappa shape index (κ2) is 7.67. The predicted octanol–water partition coefficient (Wildman–Crippen LogP) is 2.00. The Morgan fingerprint density at radius 1 is 1.29 bits per heavy atom. The zero-order chi connectivity index (χ0) is 19.7. The van der Waals surface area contributed by atoms with Crippen LogP contribution in [0.1, 0.15) is 34.0 Å². The van der Waals surface area contributed by atoms with Gasteiger partial charge in [-0.3, -0.25) is 9.59 Å². The van der Waals surface area contributed by atoms with Crippen molar-refractivity contribution in [1.29, 1.82) is 0 Å². The highest BCUT2D eigenvalue weighted by molar-refractivity contribution is 7.21. The number of likely N-dealkylation sites (tertiary alicyclic amines) is 1. The lowest BCUT2D eigenvalue weighted by atomic mass is 9.95. The zero-order valence-electron chi connectivity index (χ0n) is 15.9. The molecule has 0 spiro atoms. The lowest BCUT2D eigenvalue weighted by Gasteiger charge is -2.18. The van der Waals surface area contributed by atoms with Gasteiger partial charge in [-0.2, -0.15) is 0 Å². The number of thiophene rings is 1. The van der Waals surface area contributed by atoms with Gasteiger partial charge in [0.2, 0.25) is 5.91 Å². The number of amides is 2. The number of aromatic nitrogens is 4. The highest BCUT2D eigenvalue weighted by Gasteiger charge is 2.32. The Hall–Kier alpha value is -2.81. The van der Waals surface area contributed by atoms with Gasteiger partial charge in [-0.25, -0.2) is 4.68 Å². The zero-order valence-corrected chi connectivity index (χ0v) is 16.7. The number of carbonyl (C=O) groups excluding carboxylic acids is 2. The van der Waals surface area contributed by atoms with Gasteiger partial charge >= 0.3 is 0 Å². The summed E-state index contributed by atoms with van der Waals surface area (Å²) in [4.78, 5) is 29.7. The number of tetrazole rings is 1.